The molecule has 0 unspecified atom stereocenters. The maximum atomic E-state index is 12.2. The normalized spacial score (nSPS) is 16.5. The Morgan fingerprint density at radius 3 is 2.50 bits per heavy atom. The van der Waals surface area contributed by atoms with E-state index in [2.05, 4.69) is 37.5 Å². The number of hydrogen-bond donors (Lipinski definition) is 2. The summed E-state index contributed by atoms with van der Waals surface area (Å²) in [5.41, 5.74) is 2.16. The molecule has 1 fully saturated rings. The molecule has 122 valence electrons. The Bertz CT molecular complexity index is 484. The van der Waals surface area contributed by atoms with E-state index in [1.165, 1.54) is 37.7 Å². The molecular formula is C19H30N2O. The van der Waals surface area contributed by atoms with Crippen molar-refractivity contribution in [2.24, 2.45) is 0 Å². The maximum Gasteiger partial charge on any atom is 0.225 e. The van der Waals surface area contributed by atoms with Gasteiger partial charge in [-0.25, -0.2) is 0 Å². The smallest absolute Gasteiger partial charge is 0.225 e. The molecule has 0 saturated heterocycles. The van der Waals surface area contributed by atoms with E-state index in [0.29, 0.717) is 12.5 Å². The minimum absolute atomic E-state index is 0.0320. The van der Waals surface area contributed by atoms with Crippen LogP contribution in [0, 0.1) is 0 Å². The van der Waals surface area contributed by atoms with Gasteiger partial charge in [-0.3, -0.25) is 4.79 Å². The molecule has 1 saturated carbocycles. The third kappa shape index (κ3) is 5.13. The molecule has 0 spiro atoms. The topological polar surface area (TPSA) is 41.1 Å². The molecule has 0 aromatic heterocycles. The Hall–Kier alpha value is -1.35. The molecule has 0 atom stereocenters. The van der Waals surface area contributed by atoms with Crippen molar-refractivity contribution in [3.8, 4) is 0 Å². The van der Waals surface area contributed by atoms with E-state index in [9.17, 15) is 4.79 Å². The number of carbonyl (C=O) groups excluding carboxylic acids is 1. The van der Waals surface area contributed by atoms with Crippen molar-refractivity contribution in [2.75, 3.05) is 11.9 Å². The van der Waals surface area contributed by atoms with Crippen molar-refractivity contribution in [1.82, 2.24) is 5.32 Å². The van der Waals surface area contributed by atoms with Gasteiger partial charge in [-0.05, 0) is 29.9 Å². The summed E-state index contributed by atoms with van der Waals surface area (Å²) in [6, 6.07) is 8.71. The molecule has 0 aliphatic heterocycles. The minimum atomic E-state index is 0.0320. The number of benzene rings is 1. The molecule has 1 aliphatic carbocycles. The zero-order chi connectivity index (χ0) is 16.0. The summed E-state index contributed by atoms with van der Waals surface area (Å²) in [5.74, 6) is 0.0972. The zero-order valence-corrected chi connectivity index (χ0v) is 14.2. The number of carbonyl (C=O) groups is 1. The summed E-state index contributed by atoms with van der Waals surface area (Å²) in [6.45, 7) is 7.28. The predicted octanol–water partition coefficient (Wildman–Crippen LogP) is 4.24. The van der Waals surface area contributed by atoms with Crippen LogP contribution in [0.4, 0.5) is 5.69 Å². The Morgan fingerprint density at radius 2 is 1.82 bits per heavy atom. The van der Waals surface area contributed by atoms with E-state index in [1.54, 1.807) is 0 Å². The second-order valence-corrected chi connectivity index (χ2v) is 7.38. The predicted molar refractivity (Wildman–Crippen MR) is 93.3 cm³/mol. The summed E-state index contributed by atoms with van der Waals surface area (Å²) < 4.78 is 0. The molecule has 1 aromatic rings. The molecule has 0 bridgehead atoms. The van der Waals surface area contributed by atoms with Gasteiger partial charge in [-0.1, -0.05) is 58.2 Å². The van der Waals surface area contributed by atoms with Gasteiger partial charge in [0.1, 0.15) is 0 Å². The summed E-state index contributed by atoms with van der Waals surface area (Å²) >= 11 is 0. The molecule has 3 heteroatoms. The molecule has 2 rings (SSSR count). The monoisotopic (exact) mass is 302 g/mol. The molecule has 1 aromatic carbocycles. The lowest BCUT2D eigenvalue weighted by atomic mass is 9.86. The quantitative estimate of drug-likeness (QED) is 0.854. The maximum absolute atomic E-state index is 12.2. The fraction of sp³-hybridized carbons (Fsp3) is 0.632. The first-order valence-electron chi connectivity index (χ1n) is 8.59. The van der Waals surface area contributed by atoms with Gasteiger partial charge < -0.3 is 10.6 Å². The summed E-state index contributed by atoms with van der Waals surface area (Å²) in [6.07, 6.45) is 7.06. The third-order valence-corrected chi connectivity index (χ3v) is 4.40. The van der Waals surface area contributed by atoms with E-state index in [-0.39, 0.29) is 11.3 Å². The Balaban J connectivity index is 1.82. The number of amides is 1. The van der Waals surface area contributed by atoms with Crippen molar-refractivity contribution in [2.45, 2.75) is 70.8 Å². The number of rotatable bonds is 5. The zero-order valence-electron chi connectivity index (χ0n) is 14.2. The molecule has 1 amide bonds. The van der Waals surface area contributed by atoms with Gasteiger partial charge in [0.15, 0.2) is 0 Å². The SMILES string of the molecule is CC(C)(C)c1ccccc1NC(=O)CCNC1CCCCC1. The summed E-state index contributed by atoms with van der Waals surface area (Å²) in [4.78, 5) is 12.2. The van der Waals surface area contributed by atoms with Gasteiger partial charge in [0.05, 0.1) is 0 Å². The van der Waals surface area contributed by atoms with Crippen LogP contribution in [-0.4, -0.2) is 18.5 Å². The van der Waals surface area contributed by atoms with Crippen LogP contribution in [0.5, 0.6) is 0 Å². The minimum Gasteiger partial charge on any atom is -0.326 e. The first kappa shape index (κ1) is 17.0. The number of hydrogen-bond acceptors (Lipinski definition) is 2. The largest absolute Gasteiger partial charge is 0.326 e. The number of nitrogens with one attached hydrogen (secondary N) is 2. The van der Waals surface area contributed by atoms with E-state index >= 15 is 0 Å². The van der Waals surface area contributed by atoms with Crippen LogP contribution < -0.4 is 10.6 Å². The van der Waals surface area contributed by atoms with Crippen LogP contribution >= 0.6 is 0 Å². The van der Waals surface area contributed by atoms with Crippen LogP contribution in [-0.2, 0) is 10.2 Å². The van der Waals surface area contributed by atoms with Crippen molar-refractivity contribution in [1.29, 1.82) is 0 Å². The molecule has 1 aliphatic rings. The number of anilines is 1. The van der Waals surface area contributed by atoms with Gasteiger partial charge in [0.2, 0.25) is 5.91 Å². The van der Waals surface area contributed by atoms with E-state index < -0.39 is 0 Å². The summed E-state index contributed by atoms with van der Waals surface area (Å²) in [5, 5.41) is 6.60. The highest BCUT2D eigenvalue weighted by Gasteiger charge is 2.18. The summed E-state index contributed by atoms with van der Waals surface area (Å²) in [7, 11) is 0. The van der Waals surface area contributed by atoms with Crippen LogP contribution in [0.1, 0.15) is 64.9 Å². The van der Waals surface area contributed by atoms with Crippen LogP contribution in [0.3, 0.4) is 0 Å². The Labute approximate surface area is 134 Å². The highest BCUT2D eigenvalue weighted by atomic mass is 16.1. The van der Waals surface area contributed by atoms with Crippen LogP contribution in [0.15, 0.2) is 24.3 Å². The fourth-order valence-corrected chi connectivity index (χ4v) is 3.16. The van der Waals surface area contributed by atoms with Crippen molar-refractivity contribution >= 4 is 11.6 Å². The van der Waals surface area contributed by atoms with Gasteiger partial charge in [0, 0.05) is 24.7 Å². The van der Waals surface area contributed by atoms with Crippen LogP contribution in [0.2, 0.25) is 0 Å². The average molecular weight is 302 g/mol. The second kappa shape index (κ2) is 7.77. The fourth-order valence-electron chi connectivity index (χ4n) is 3.16. The van der Waals surface area contributed by atoms with Crippen molar-refractivity contribution < 1.29 is 4.79 Å². The average Bonchev–Trinajstić information content (AvgIpc) is 2.48. The Kier molecular flexibility index (Phi) is 6.01. The lowest BCUT2D eigenvalue weighted by molar-refractivity contribution is -0.116. The lowest BCUT2D eigenvalue weighted by Crippen LogP contribution is -2.33. The Morgan fingerprint density at radius 1 is 1.14 bits per heavy atom. The molecule has 22 heavy (non-hydrogen) atoms. The van der Waals surface area contributed by atoms with Gasteiger partial charge in [0.25, 0.3) is 0 Å². The standard InChI is InChI=1S/C19H30N2O/c1-19(2,3)16-11-7-8-12-17(16)21-18(22)13-14-20-15-9-5-4-6-10-15/h7-8,11-12,15,20H,4-6,9-10,13-14H2,1-3H3,(H,21,22). The first-order chi connectivity index (χ1) is 10.5. The van der Waals surface area contributed by atoms with Crippen molar-refractivity contribution in [3.05, 3.63) is 29.8 Å². The highest BCUT2D eigenvalue weighted by molar-refractivity contribution is 5.91. The molecular weight excluding hydrogens is 272 g/mol. The van der Waals surface area contributed by atoms with Crippen molar-refractivity contribution in [3.63, 3.8) is 0 Å². The molecule has 0 heterocycles. The van der Waals surface area contributed by atoms with Gasteiger partial charge in [-0.15, -0.1) is 0 Å². The lowest BCUT2D eigenvalue weighted by Gasteiger charge is -2.24. The number of para-hydroxylation sites is 1. The first-order valence-corrected chi connectivity index (χ1v) is 8.59. The van der Waals surface area contributed by atoms with Crippen LogP contribution in [0.25, 0.3) is 0 Å². The van der Waals surface area contributed by atoms with Gasteiger partial charge in [-0.2, -0.15) is 0 Å². The van der Waals surface area contributed by atoms with E-state index in [1.807, 2.05) is 18.2 Å². The highest BCUT2D eigenvalue weighted by Crippen LogP contribution is 2.29. The third-order valence-electron chi connectivity index (χ3n) is 4.40. The van der Waals surface area contributed by atoms with E-state index in [0.717, 1.165) is 12.2 Å². The van der Waals surface area contributed by atoms with E-state index in [4.69, 9.17) is 0 Å². The molecule has 0 radical (unpaired) electrons. The molecule has 3 nitrogen and oxygen atoms in total. The van der Waals surface area contributed by atoms with Gasteiger partial charge >= 0.3 is 0 Å². The molecule has 2 N–H and O–H groups in total. The second-order valence-electron chi connectivity index (χ2n) is 7.38.